The van der Waals surface area contributed by atoms with E-state index in [1.54, 1.807) is 6.07 Å². The van der Waals surface area contributed by atoms with Crippen LogP contribution in [0.5, 0.6) is 5.75 Å². The molecule has 0 unspecified atom stereocenters. The smallest absolute Gasteiger partial charge is 0.232 e. The highest BCUT2D eigenvalue weighted by Crippen LogP contribution is 2.25. The van der Waals surface area contributed by atoms with Gasteiger partial charge in [-0.1, -0.05) is 0 Å². The van der Waals surface area contributed by atoms with Gasteiger partial charge in [-0.25, -0.2) is 8.42 Å². The molecule has 0 heterocycles. The van der Waals surface area contributed by atoms with Crippen LogP contribution in [0, 0.1) is 0 Å². The minimum atomic E-state index is -3.38. The molecule has 0 amide bonds. The Labute approximate surface area is 94.5 Å². The lowest BCUT2D eigenvalue weighted by molar-refractivity contribution is 0.112. The van der Waals surface area contributed by atoms with Crippen molar-refractivity contribution >= 4 is 22.0 Å². The number of rotatable bonds is 5. The summed E-state index contributed by atoms with van der Waals surface area (Å²) in [6.45, 7) is 1.53. The zero-order valence-corrected chi connectivity index (χ0v) is 9.87. The summed E-state index contributed by atoms with van der Waals surface area (Å²) in [7, 11) is -1.95. The monoisotopic (exact) mass is 243 g/mol. The molecule has 0 spiro atoms. The molecule has 0 radical (unpaired) electrons. The predicted molar refractivity (Wildman–Crippen MR) is 61.5 cm³/mol. The maximum Gasteiger partial charge on any atom is 0.232 e. The van der Waals surface area contributed by atoms with E-state index >= 15 is 0 Å². The highest BCUT2D eigenvalue weighted by Gasteiger charge is 2.11. The average Bonchev–Trinajstić information content (AvgIpc) is 2.28. The third-order valence-corrected chi connectivity index (χ3v) is 3.30. The van der Waals surface area contributed by atoms with Crippen LogP contribution in [0.25, 0.3) is 0 Å². The SMILES string of the molecule is CCS(=O)(=O)Nc1cc(C=O)ccc1OC. The molecule has 1 aromatic carbocycles. The fraction of sp³-hybridized carbons (Fsp3) is 0.300. The highest BCUT2D eigenvalue weighted by atomic mass is 32.2. The lowest BCUT2D eigenvalue weighted by Gasteiger charge is -2.10. The van der Waals surface area contributed by atoms with Crippen molar-refractivity contribution in [3.05, 3.63) is 23.8 Å². The average molecular weight is 243 g/mol. The van der Waals surface area contributed by atoms with E-state index in [9.17, 15) is 13.2 Å². The lowest BCUT2D eigenvalue weighted by atomic mass is 10.2. The molecule has 0 bridgehead atoms. The van der Waals surface area contributed by atoms with Crippen molar-refractivity contribution in [2.45, 2.75) is 6.92 Å². The molecular formula is C10H13NO4S. The van der Waals surface area contributed by atoms with Gasteiger partial charge in [0.05, 0.1) is 18.6 Å². The number of sulfonamides is 1. The summed E-state index contributed by atoms with van der Waals surface area (Å²) in [6, 6.07) is 4.52. The van der Waals surface area contributed by atoms with Crippen LogP contribution in [0.4, 0.5) is 5.69 Å². The molecule has 88 valence electrons. The molecule has 6 heteroatoms. The second kappa shape index (κ2) is 4.98. The van der Waals surface area contributed by atoms with Gasteiger partial charge < -0.3 is 4.74 Å². The number of carbonyl (C=O) groups is 1. The lowest BCUT2D eigenvalue weighted by Crippen LogP contribution is -2.15. The van der Waals surface area contributed by atoms with Gasteiger partial charge in [0.2, 0.25) is 10.0 Å². The topological polar surface area (TPSA) is 72.5 Å². The van der Waals surface area contributed by atoms with Crippen LogP contribution in [0.1, 0.15) is 17.3 Å². The summed E-state index contributed by atoms with van der Waals surface area (Å²) in [5.41, 5.74) is 0.656. The number of anilines is 1. The van der Waals surface area contributed by atoms with E-state index in [1.165, 1.54) is 26.2 Å². The van der Waals surface area contributed by atoms with Crippen LogP contribution in [-0.2, 0) is 10.0 Å². The summed E-state index contributed by atoms with van der Waals surface area (Å²) in [5.74, 6) is 0.337. The first kappa shape index (κ1) is 12.5. The number of aldehydes is 1. The summed E-state index contributed by atoms with van der Waals surface area (Å²) in [4.78, 5) is 10.6. The van der Waals surface area contributed by atoms with Crippen LogP contribution < -0.4 is 9.46 Å². The molecule has 0 fully saturated rings. The third kappa shape index (κ3) is 2.96. The van der Waals surface area contributed by atoms with Crippen molar-refractivity contribution in [2.24, 2.45) is 0 Å². The summed E-state index contributed by atoms with van der Waals surface area (Å²) >= 11 is 0. The number of hydrogen-bond acceptors (Lipinski definition) is 4. The Bertz CT molecular complexity index is 482. The zero-order valence-electron chi connectivity index (χ0n) is 9.06. The van der Waals surface area contributed by atoms with Gasteiger partial charge in [-0.2, -0.15) is 0 Å². The van der Waals surface area contributed by atoms with E-state index < -0.39 is 10.0 Å². The van der Waals surface area contributed by atoms with Gasteiger partial charge in [-0.15, -0.1) is 0 Å². The molecule has 1 N–H and O–H groups in total. The Morgan fingerprint density at radius 2 is 2.12 bits per heavy atom. The number of carbonyl (C=O) groups excluding carboxylic acids is 1. The Balaban J connectivity index is 3.14. The van der Waals surface area contributed by atoms with Crippen molar-refractivity contribution in [3.8, 4) is 5.75 Å². The Hall–Kier alpha value is -1.56. The normalized spacial score (nSPS) is 10.9. The van der Waals surface area contributed by atoms with Crippen molar-refractivity contribution in [1.82, 2.24) is 0 Å². The van der Waals surface area contributed by atoms with Crippen LogP contribution in [0.15, 0.2) is 18.2 Å². The number of benzene rings is 1. The first-order valence-corrected chi connectivity index (χ1v) is 6.31. The molecule has 1 rings (SSSR count). The van der Waals surface area contributed by atoms with E-state index in [4.69, 9.17) is 4.74 Å². The number of methoxy groups -OCH3 is 1. The van der Waals surface area contributed by atoms with Crippen LogP contribution in [0.2, 0.25) is 0 Å². The minimum absolute atomic E-state index is 0.0402. The fourth-order valence-electron chi connectivity index (χ4n) is 1.12. The maximum absolute atomic E-state index is 11.4. The molecular weight excluding hydrogens is 230 g/mol. The molecule has 0 aromatic heterocycles. The quantitative estimate of drug-likeness (QED) is 0.790. The molecule has 5 nitrogen and oxygen atoms in total. The van der Waals surface area contributed by atoms with E-state index in [2.05, 4.69) is 4.72 Å². The van der Waals surface area contributed by atoms with Gasteiger partial charge in [0.25, 0.3) is 0 Å². The van der Waals surface area contributed by atoms with Gasteiger partial charge in [0.15, 0.2) is 0 Å². The largest absolute Gasteiger partial charge is 0.495 e. The second-order valence-corrected chi connectivity index (χ2v) is 5.09. The fourth-order valence-corrected chi connectivity index (χ4v) is 1.76. The summed E-state index contributed by atoms with van der Waals surface area (Å²) in [6.07, 6.45) is 0.642. The first-order valence-electron chi connectivity index (χ1n) is 4.66. The number of hydrogen-bond donors (Lipinski definition) is 1. The van der Waals surface area contributed by atoms with E-state index in [1.807, 2.05) is 0 Å². The van der Waals surface area contributed by atoms with Gasteiger partial charge >= 0.3 is 0 Å². The Morgan fingerprint density at radius 1 is 1.44 bits per heavy atom. The molecule has 0 saturated carbocycles. The van der Waals surface area contributed by atoms with Gasteiger partial charge in [-0.3, -0.25) is 9.52 Å². The standard InChI is InChI=1S/C10H13NO4S/c1-3-16(13,14)11-9-6-8(7-12)4-5-10(9)15-2/h4-7,11H,3H2,1-2H3. The minimum Gasteiger partial charge on any atom is -0.495 e. The zero-order chi connectivity index (χ0) is 12.2. The van der Waals surface area contributed by atoms with Crippen molar-refractivity contribution < 1.29 is 17.9 Å². The van der Waals surface area contributed by atoms with Gasteiger partial charge in [-0.05, 0) is 25.1 Å². The van der Waals surface area contributed by atoms with Crippen LogP contribution in [-0.4, -0.2) is 27.6 Å². The van der Waals surface area contributed by atoms with E-state index in [-0.39, 0.29) is 11.4 Å². The molecule has 0 aliphatic carbocycles. The summed E-state index contributed by atoms with van der Waals surface area (Å²) < 4.78 is 30.1. The molecule has 0 saturated heterocycles. The predicted octanol–water partition coefficient (Wildman–Crippen LogP) is 1.27. The van der Waals surface area contributed by atoms with Crippen LogP contribution in [0.3, 0.4) is 0 Å². The maximum atomic E-state index is 11.4. The van der Waals surface area contributed by atoms with Gasteiger partial charge in [0, 0.05) is 5.56 Å². The third-order valence-electron chi connectivity index (χ3n) is 2.01. The summed E-state index contributed by atoms with van der Waals surface area (Å²) in [5, 5.41) is 0. The van der Waals surface area contributed by atoms with Crippen molar-refractivity contribution in [3.63, 3.8) is 0 Å². The van der Waals surface area contributed by atoms with Gasteiger partial charge in [0.1, 0.15) is 12.0 Å². The molecule has 0 aliphatic heterocycles. The van der Waals surface area contributed by atoms with E-state index in [0.717, 1.165) is 0 Å². The molecule has 0 aliphatic rings. The first-order chi connectivity index (χ1) is 7.52. The second-order valence-electron chi connectivity index (χ2n) is 3.08. The molecule has 16 heavy (non-hydrogen) atoms. The number of ether oxygens (including phenoxy) is 1. The molecule has 0 atom stereocenters. The van der Waals surface area contributed by atoms with Crippen molar-refractivity contribution in [2.75, 3.05) is 17.6 Å². The van der Waals surface area contributed by atoms with Crippen LogP contribution >= 0.6 is 0 Å². The Morgan fingerprint density at radius 3 is 2.62 bits per heavy atom. The van der Waals surface area contributed by atoms with Crippen molar-refractivity contribution in [1.29, 1.82) is 0 Å². The highest BCUT2D eigenvalue weighted by molar-refractivity contribution is 7.92. The molecule has 1 aromatic rings. The van der Waals surface area contributed by atoms with E-state index in [0.29, 0.717) is 17.6 Å². The Kier molecular flexibility index (Phi) is 3.89. The number of nitrogens with one attached hydrogen (secondary N) is 1.